The molecule has 3 rings (SSSR count). The van der Waals surface area contributed by atoms with Crippen LogP contribution in [0.15, 0.2) is 15.9 Å². The fraction of sp³-hybridized carbons (Fsp3) is 0.733. The summed E-state index contributed by atoms with van der Waals surface area (Å²) in [7, 11) is 0. The van der Waals surface area contributed by atoms with E-state index in [1.54, 1.807) is 11.3 Å². The summed E-state index contributed by atoms with van der Waals surface area (Å²) in [5.74, 6) is 0.505. The van der Waals surface area contributed by atoms with Gasteiger partial charge in [0.05, 0.1) is 6.10 Å². The molecule has 1 saturated carbocycles. The number of nitrogens with two attached hydrogens (primary N) is 1. The largest absolute Gasteiger partial charge is 0.377 e. The van der Waals surface area contributed by atoms with Gasteiger partial charge in [0, 0.05) is 45.9 Å². The molecule has 0 radical (unpaired) electrons. The highest BCUT2D eigenvalue weighted by Crippen LogP contribution is 2.57. The molecule has 3 N–H and O–H groups in total. The highest BCUT2D eigenvalue weighted by Gasteiger charge is 2.65. The lowest BCUT2D eigenvalue weighted by Crippen LogP contribution is -2.80. The van der Waals surface area contributed by atoms with Crippen molar-refractivity contribution in [2.24, 2.45) is 17.1 Å². The molecule has 1 saturated heterocycles. The third kappa shape index (κ3) is 2.18. The van der Waals surface area contributed by atoms with Crippen LogP contribution in [-0.2, 0) is 11.3 Å². The average molecular weight is 359 g/mol. The van der Waals surface area contributed by atoms with Gasteiger partial charge in [-0.05, 0) is 40.2 Å². The summed E-state index contributed by atoms with van der Waals surface area (Å²) in [5.41, 5.74) is 6.66. The third-order valence-electron chi connectivity index (χ3n) is 5.29. The number of nitrogens with one attached hydrogen (secondary N) is 1. The first-order chi connectivity index (χ1) is 9.47. The number of hydrogen-bond acceptors (Lipinski definition) is 4. The van der Waals surface area contributed by atoms with E-state index in [-0.39, 0.29) is 11.0 Å². The number of halogens is 1. The number of rotatable bonds is 4. The van der Waals surface area contributed by atoms with Gasteiger partial charge in [-0.1, -0.05) is 13.8 Å². The molecular weight excluding hydrogens is 336 g/mol. The summed E-state index contributed by atoms with van der Waals surface area (Å²) >= 11 is 5.35. The summed E-state index contributed by atoms with van der Waals surface area (Å²) in [6.45, 7) is 7.14. The van der Waals surface area contributed by atoms with Gasteiger partial charge in [0.1, 0.15) is 0 Å². The molecule has 0 bridgehead atoms. The van der Waals surface area contributed by atoms with Crippen molar-refractivity contribution in [3.63, 3.8) is 0 Å². The average Bonchev–Trinajstić information content (AvgIpc) is 2.84. The van der Waals surface area contributed by atoms with Crippen LogP contribution in [0.1, 0.15) is 31.6 Å². The topological polar surface area (TPSA) is 47.3 Å². The highest BCUT2D eigenvalue weighted by atomic mass is 79.9. The van der Waals surface area contributed by atoms with Crippen molar-refractivity contribution < 1.29 is 4.74 Å². The molecule has 1 aromatic rings. The molecule has 1 aliphatic heterocycles. The second kappa shape index (κ2) is 5.36. The smallest absolute Gasteiger partial charge is 0.0690 e. The van der Waals surface area contributed by atoms with E-state index >= 15 is 0 Å². The molecule has 2 fully saturated rings. The standard InChI is InChI=1S/C15H23BrN2OS/c1-14(2)13-10(4-3-6-19-13)15(14,17)9-18-8-12-11(16)5-7-20-12/h5,7,10,13,18H,3-4,6,8-9,17H2,1-2H3. The second-order valence-corrected chi connectivity index (χ2v) is 8.45. The number of ether oxygens (including phenoxy) is 1. The lowest BCUT2D eigenvalue weighted by molar-refractivity contribution is -0.225. The Kier molecular flexibility index (Phi) is 4.01. The molecule has 0 spiro atoms. The molecule has 5 heteroatoms. The van der Waals surface area contributed by atoms with Crippen LogP contribution in [0.4, 0.5) is 0 Å². The van der Waals surface area contributed by atoms with Crippen LogP contribution in [-0.4, -0.2) is 24.8 Å². The Morgan fingerprint density at radius 2 is 2.35 bits per heavy atom. The van der Waals surface area contributed by atoms with Gasteiger partial charge in [0.2, 0.25) is 0 Å². The summed E-state index contributed by atoms with van der Waals surface area (Å²) in [6.07, 6.45) is 2.69. The van der Waals surface area contributed by atoms with Gasteiger partial charge in [0.15, 0.2) is 0 Å². The van der Waals surface area contributed by atoms with Crippen molar-refractivity contribution in [1.82, 2.24) is 5.32 Å². The monoisotopic (exact) mass is 358 g/mol. The van der Waals surface area contributed by atoms with Crippen LogP contribution in [0.25, 0.3) is 0 Å². The van der Waals surface area contributed by atoms with Crippen molar-refractivity contribution in [2.45, 2.75) is 44.9 Å². The van der Waals surface area contributed by atoms with Crippen molar-refractivity contribution in [3.8, 4) is 0 Å². The Balaban J connectivity index is 1.62. The molecule has 0 amide bonds. The summed E-state index contributed by atoms with van der Waals surface area (Å²) in [6, 6.07) is 2.10. The zero-order valence-electron chi connectivity index (χ0n) is 12.1. The quantitative estimate of drug-likeness (QED) is 0.868. The van der Waals surface area contributed by atoms with Gasteiger partial charge in [-0.25, -0.2) is 0 Å². The first kappa shape index (κ1) is 15.0. The molecule has 3 nitrogen and oxygen atoms in total. The van der Waals surface area contributed by atoms with E-state index in [1.165, 1.54) is 15.8 Å². The lowest BCUT2D eigenvalue weighted by Gasteiger charge is -2.66. The van der Waals surface area contributed by atoms with Crippen molar-refractivity contribution >= 4 is 27.3 Å². The molecular formula is C15H23BrN2OS. The van der Waals surface area contributed by atoms with Crippen LogP contribution >= 0.6 is 27.3 Å². The number of fused-ring (bicyclic) bond motifs is 1. The maximum absolute atomic E-state index is 6.76. The molecule has 2 aliphatic rings. The molecule has 3 unspecified atom stereocenters. The lowest BCUT2D eigenvalue weighted by atomic mass is 9.46. The SMILES string of the molecule is CC1(C)C2OCCCC2C1(N)CNCc1sccc1Br. The van der Waals surface area contributed by atoms with E-state index in [0.717, 1.165) is 26.1 Å². The van der Waals surface area contributed by atoms with Crippen molar-refractivity contribution in [1.29, 1.82) is 0 Å². The maximum Gasteiger partial charge on any atom is 0.0690 e. The predicted octanol–water partition coefficient (Wildman–Crippen LogP) is 3.13. The minimum atomic E-state index is -0.151. The van der Waals surface area contributed by atoms with Crippen LogP contribution < -0.4 is 11.1 Å². The summed E-state index contributed by atoms with van der Waals surface area (Å²) < 4.78 is 7.13. The maximum atomic E-state index is 6.76. The minimum absolute atomic E-state index is 0.0533. The third-order valence-corrected chi connectivity index (χ3v) is 7.22. The minimum Gasteiger partial charge on any atom is -0.377 e. The van der Waals surface area contributed by atoms with Crippen LogP contribution in [0.5, 0.6) is 0 Å². The normalized spacial score (nSPS) is 35.4. The van der Waals surface area contributed by atoms with E-state index in [9.17, 15) is 0 Å². The van der Waals surface area contributed by atoms with E-state index in [2.05, 4.69) is 46.5 Å². The number of hydrogen-bond donors (Lipinski definition) is 2. The molecule has 3 atom stereocenters. The van der Waals surface area contributed by atoms with E-state index in [4.69, 9.17) is 10.5 Å². The van der Waals surface area contributed by atoms with Crippen LogP contribution in [0, 0.1) is 11.3 Å². The predicted molar refractivity (Wildman–Crippen MR) is 86.9 cm³/mol. The zero-order valence-corrected chi connectivity index (χ0v) is 14.5. The zero-order chi connectivity index (χ0) is 14.4. The Bertz CT molecular complexity index is 490. The summed E-state index contributed by atoms with van der Waals surface area (Å²) in [5, 5.41) is 5.67. The first-order valence-corrected chi connectivity index (χ1v) is 8.97. The van der Waals surface area contributed by atoms with Gasteiger partial charge in [-0.15, -0.1) is 11.3 Å². The Morgan fingerprint density at radius 3 is 3.05 bits per heavy atom. The van der Waals surface area contributed by atoms with Gasteiger partial charge in [-0.2, -0.15) is 0 Å². The Hall–Kier alpha value is 0.0600. The Morgan fingerprint density at radius 1 is 1.55 bits per heavy atom. The molecule has 1 aromatic heterocycles. The Labute approximate surface area is 133 Å². The second-order valence-electron chi connectivity index (χ2n) is 6.60. The first-order valence-electron chi connectivity index (χ1n) is 7.30. The van der Waals surface area contributed by atoms with E-state index < -0.39 is 0 Å². The molecule has 1 aliphatic carbocycles. The highest BCUT2D eigenvalue weighted by molar-refractivity contribution is 9.10. The van der Waals surface area contributed by atoms with Gasteiger partial charge >= 0.3 is 0 Å². The summed E-state index contributed by atoms with van der Waals surface area (Å²) in [4.78, 5) is 1.34. The fourth-order valence-corrected chi connectivity index (χ4v) is 5.32. The van der Waals surface area contributed by atoms with E-state index in [1.807, 2.05) is 0 Å². The number of thiophene rings is 1. The molecule has 112 valence electrons. The molecule has 0 aromatic carbocycles. The molecule has 20 heavy (non-hydrogen) atoms. The van der Waals surface area contributed by atoms with Crippen molar-refractivity contribution in [2.75, 3.05) is 13.2 Å². The van der Waals surface area contributed by atoms with Gasteiger partial charge in [0.25, 0.3) is 0 Å². The fourth-order valence-electron chi connectivity index (χ4n) is 3.86. The van der Waals surface area contributed by atoms with Gasteiger partial charge in [-0.3, -0.25) is 0 Å². The van der Waals surface area contributed by atoms with Crippen LogP contribution in [0.2, 0.25) is 0 Å². The molecule has 2 heterocycles. The van der Waals surface area contributed by atoms with Gasteiger partial charge < -0.3 is 15.8 Å². The van der Waals surface area contributed by atoms with E-state index in [0.29, 0.717) is 12.0 Å². The van der Waals surface area contributed by atoms with Crippen LogP contribution in [0.3, 0.4) is 0 Å². The van der Waals surface area contributed by atoms with Crippen molar-refractivity contribution in [3.05, 3.63) is 20.8 Å².